The average Bonchev–Trinajstić information content (AvgIpc) is 2.92. The van der Waals surface area contributed by atoms with Gasteiger partial charge in [0.25, 0.3) is 5.69 Å². The third-order valence-corrected chi connectivity index (χ3v) is 4.44. The van der Waals surface area contributed by atoms with Crippen LogP contribution in [0.25, 0.3) is 0 Å². The predicted octanol–water partition coefficient (Wildman–Crippen LogP) is 1.76. The fourth-order valence-electron chi connectivity index (χ4n) is 3.15. The summed E-state index contributed by atoms with van der Waals surface area (Å²) >= 11 is 0. The Kier molecular flexibility index (Phi) is 4.69. The molecule has 8 nitrogen and oxygen atoms in total. The van der Waals surface area contributed by atoms with Gasteiger partial charge in [-0.05, 0) is 26.0 Å². The maximum Gasteiger partial charge on any atom is 0.292 e. The number of aromatic nitrogens is 2. The van der Waals surface area contributed by atoms with Gasteiger partial charge in [0.2, 0.25) is 5.91 Å². The molecule has 0 N–H and O–H groups in total. The van der Waals surface area contributed by atoms with Crippen molar-refractivity contribution < 1.29 is 9.72 Å². The zero-order valence-electron chi connectivity index (χ0n) is 14.4. The Bertz CT molecular complexity index is 793. The monoisotopic (exact) mass is 343 g/mol. The number of carbonyl (C=O) groups excluding carboxylic acids is 1. The molecule has 0 spiro atoms. The number of benzene rings is 1. The minimum atomic E-state index is -0.365. The van der Waals surface area contributed by atoms with Gasteiger partial charge >= 0.3 is 0 Å². The Labute approximate surface area is 145 Å². The lowest BCUT2D eigenvalue weighted by Gasteiger charge is -2.35. The van der Waals surface area contributed by atoms with Gasteiger partial charge in [-0.15, -0.1) is 0 Å². The van der Waals surface area contributed by atoms with Gasteiger partial charge in [0.05, 0.1) is 10.6 Å². The van der Waals surface area contributed by atoms with E-state index in [9.17, 15) is 14.9 Å². The smallest absolute Gasteiger partial charge is 0.292 e. The summed E-state index contributed by atoms with van der Waals surface area (Å²) in [6.07, 6.45) is 0. The quantitative estimate of drug-likeness (QED) is 0.624. The van der Waals surface area contributed by atoms with Crippen molar-refractivity contribution in [2.24, 2.45) is 0 Å². The van der Waals surface area contributed by atoms with Crippen LogP contribution in [0.2, 0.25) is 0 Å². The number of rotatable bonds is 4. The first-order chi connectivity index (χ1) is 12.0. The molecule has 25 heavy (non-hydrogen) atoms. The normalized spacial score (nSPS) is 14.6. The maximum atomic E-state index is 12.5. The Morgan fingerprint density at radius 3 is 2.48 bits per heavy atom. The summed E-state index contributed by atoms with van der Waals surface area (Å²) in [5, 5.41) is 15.5. The van der Waals surface area contributed by atoms with Crippen LogP contribution in [-0.2, 0) is 11.3 Å². The number of carbonyl (C=O) groups is 1. The highest BCUT2D eigenvalue weighted by Crippen LogP contribution is 2.28. The molecule has 3 rings (SSSR count). The first-order valence-electron chi connectivity index (χ1n) is 8.23. The van der Waals surface area contributed by atoms with Crippen molar-refractivity contribution in [1.29, 1.82) is 0 Å². The topological polar surface area (TPSA) is 84.5 Å². The van der Waals surface area contributed by atoms with Gasteiger partial charge in [-0.25, -0.2) is 0 Å². The molecular weight excluding hydrogens is 322 g/mol. The zero-order chi connectivity index (χ0) is 18.0. The molecule has 0 saturated carbocycles. The van der Waals surface area contributed by atoms with E-state index in [2.05, 4.69) is 5.10 Å². The number of anilines is 1. The SMILES string of the molecule is Cc1cc(C)n(CC(=O)N2CCN(c3ccccc3[N+](=O)[O-])CC2)n1. The Balaban J connectivity index is 1.63. The summed E-state index contributed by atoms with van der Waals surface area (Å²) in [7, 11) is 0. The fraction of sp³-hybridized carbons (Fsp3) is 0.412. The number of nitro groups is 1. The van der Waals surface area contributed by atoms with Crippen molar-refractivity contribution >= 4 is 17.3 Å². The molecule has 1 aliphatic heterocycles. The van der Waals surface area contributed by atoms with Gasteiger partial charge in [0.1, 0.15) is 12.2 Å². The van der Waals surface area contributed by atoms with E-state index < -0.39 is 0 Å². The molecule has 0 aliphatic carbocycles. The molecule has 1 aliphatic rings. The molecular formula is C17H21N5O3. The van der Waals surface area contributed by atoms with Crippen LogP contribution in [0, 0.1) is 24.0 Å². The standard InChI is InChI=1S/C17H21N5O3/c1-13-11-14(2)21(18-13)12-17(23)20-9-7-19(8-10-20)15-5-3-4-6-16(15)22(24)25/h3-6,11H,7-10,12H2,1-2H3. The minimum absolute atomic E-state index is 0.0217. The molecule has 2 heterocycles. The van der Waals surface area contributed by atoms with E-state index >= 15 is 0 Å². The molecule has 0 unspecified atom stereocenters. The number of para-hydroxylation sites is 2. The van der Waals surface area contributed by atoms with Gasteiger partial charge in [0.15, 0.2) is 0 Å². The lowest BCUT2D eigenvalue weighted by atomic mass is 10.2. The number of hydrogen-bond acceptors (Lipinski definition) is 5. The number of hydrogen-bond donors (Lipinski definition) is 0. The summed E-state index contributed by atoms with van der Waals surface area (Å²) < 4.78 is 1.71. The van der Waals surface area contributed by atoms with Crippen LogP contribution in [0.5, 0.6) is 0 Å². The number of nitro benzene ring substituents is 1. The average molecular weight is 343 g/mol. The second-order valence-corrected chi connectivity index (χ2v) is 6.20. The second-order valence-electron chi connectivity index (χ2n) is 6.20. The third kappa shape index (κ3) is 3.62. The molecule has 0 bridgehead atoms. The van der Waals surface area contributed by atoms with Gasteiger partial charge in [-0.3, -0.25) is 19.6 Å². The lowest BCUT2D eigenvalue weighted by Crippen LogP contribution is -2.49. The summed E-state index contributed by atoms with van der Waals surface area (Å²) in [4.78, 5) is 27.1. The van der Waals surface area contributed by atoms with Gasteiger partial charge in [-0.2, -0.15) is 5.10 Å². The van der Waals surface area contributed by atoms with E-state index in [0.717, 1.165) is 11.4 Å². The number of nitrogens with zero attached hydrogens (tertiary/aromatic N) is 5. The molecule has 8 heteroatoms. The number of aryl methyl sites for hydroxylation is 2. The van der Waals surface area contributed by atoms with Crippen molar-refractivity contribution in [3.63, 3.8) is 0 Å². The Morgan fingerprint density at radius 2 is 1.88 bits per heavy atom. The van der Waals surface area contributed by atoms with E-state index in [1.165, 1.54) is 6.07 Å². The van der Waals surface area contributed by atoms with Crippen molar-refractivity contribution in [1.82, 2.24) is 14.7 Å². The van der Waals surface area contributed by atoms with E-state index in [1.54, 1.807) is 27.8 Å². The molecule has 1 amide bonds. The van der Waals surface area contributed by atoms with Crippen LogP contribution in [0.4, 0.5) is 11.4 Å². The molecule has 1 aromatic carbocycles. The number of amides is 1. The molecule has 1 aromatic heterocycles. The van der Waals surface area contributed by atoms with Gasteiger partial charge < -0.3 is 9.80 Å². The first-order valence-corrected chi connectivity index (χ1v) is 8.23. The highest BCUT2D eigenvalue weighted by molar-refractivity contribution is 5.76. The van der Waals surface area contributed by atoms with Crippen molar-refractivity contribution in [2.45, 2.75) is 20.4 Å². The summed E-state index contributed by atoms with van der Waals surface area (Å²) in [5.74, 6) is 0.0217. The van der Waals surface area contributed by atoms with Crippen molar-refractivity contribution in [3.05, 3.63) is 51.8 Å². The highest BCUT2D eigenvalue weighted by Gasteiger charge is 2.25. The van der Waals surface area contributed by atoms with E-state index in [1.807, 2.05) is 24.8 Å². The lowest BCUT2D eigenvalue weighted by molar-refractivity contribution is -0.384. The van der Waals surface area contributed by atoms with Crippen molar-refractivity contribution in [2.75, 3.05) is 31.1 Å². The van der Waals surface area contributed by atoms with Crippen molar-refractivity contribution in [3.8, 4) is 0 Å². The van der Waals surface area contributed by atoms with E-state index in [-0.39, 0.29) is 23.1 Å². The Hall–Kier alpha value is -2.90. The van der Waals surface area contributed by atoms with Crippen LogP contribution in [-0.4, -0.2) is 51.7 Å². The summed E-state index contributed by atoms with van der Waals surface area (Å²) in [6, 6.07) is 8.67. The van der Waals surface area contributed by atoms with E-state index in [4.69, 9.17) is 0 Å². The van der Waals surface area contributed by atoms with Crippen LogP contribution in [0.3, 0.4) is 0 Å². The molecule has 1 fully saturated rings. The third-order valence-electron chi connectivity index (χ3n) is 4.44. The number of piperazine rings is 1. The second kappa shape index (κ2) is 6.92. The largest absolute Gasteiger partial charge is 0.362 e. The zero-order valence-corrected chi connectivity index (χ0v) is 14.4. The Morgan fingerprint density at radius 1 is 1.20 bits per heavy atom. The van der Waals surface area contributed by atoms with Gasteiger partial charge in [-0.1, -0.05) is 12.1 Å². The minimum Gasteiger partial charge on any atom is -0.362 e. The fourth-order valence-corrected chi connectivity index (χ4v) is 3.15. The van der Waals surface area contributed by atoms with Crippen LogP contribution in [0.15, 0.2) is 30.3 Å². The summed E-state index contributed by atoms with van der Waals surface area (Å²) in [6.45, 7) is 6.31. The molecule has 2 aromatic rings. The molecule has 0 atom stereocenters. The molecule has 1 saturated heterocycles. The summed E-state index contributed by atoms with van der Waals surface area (Å²) in [5.41, 5.74) is 2.57. The van der Waals surface area contributed by atoms with Gasteiger partial charge in [0, 0.05) is 37.9 Å². The molecule has 0 radical (unpaired) electrons. The highest BCUT2D eigenvalue weighted by atomic mass is 16.6. The van der Waals surface area contributed by atoms with Crippen LogP contribution < -0.4 is 4.90 Å². The molecule has 132 valence electrons. The predicted molar refractivity (Wildman–Crippen MR) is 93.6 cm³/mol. The van der Waals surface area contributed by atoms with Crippen LogP contribution in [0.1, 0.15) is 11.4 Å². The first kappa shape index (κ1) is 16.9. The maximum absolute atomic E-state index is 12.5. The van der Waals surface area contributed by atoms with Crippen LogP contribution >= 0.6 is 0 Å². The van der Waals surface area contributed by atoms with E-state index in [0.29, 0.717) is 31.9 Å².